The maximum atomic E-state index is 11.5. The third kappa shape index (κ3) is 4.97. The summed E-state index contributed by atoms with van der Waals surface area (Å²) in [5, 5.41) is 4.52. The van der Waals surface area contributed by atoms with Crippen LogP contribution in [0, 0.1) is 0 Å². The van der Waals surface area contributed by atoms with Gasteiger partial charge in [-0.3, -0.25) is 10.1 Å². The average molecular weight is 310 g/mol. The lowest BCUT2D eigenvalue weighted by atomic mass is 10.2. The lowest BCUT2D eigenvalue weighted by molar-refractivity contribution is -0.122. The molecule has 8 heteroatoms. The van der Waals surface area contributed by atoms with Gasteiger partial charge >= 0.3 is 12.0 Å². The van der Waals surface area contributed by atoms with Crippen LogP contribution in [0.25, 0.3) is 0 Å². The Hall–Kier alpha value is -2.77. The first-order chi connectivity index (χ1) is 10.5. The third-order valence-corrected chi connectivity index (χ3v) is 2.53. The molecule has 0 aliphatic rings. The predicted octanol–water partition coefficient (Wildman–Crippen LogP) is 0.706. The van der Waals surface area contributed by atoms with Crippen molar-refractivity contribution in [1.82, 2.24) is 10.6 Å². The van der Waals surface area contributed by atoms with Crippen molar-refractivity contribution in [3.8, 4) is 11.5 Å². The fourth-order valence-electron chi connectivity index (χ4n) is 1.54. The Morgan fingerprint density at radius 3 is 2.45 bits per heavy atom. The molecule has 0 unspecified atom stereocenters. The summed E-state index contributed by atoms with van der Waals surface area (Å²) in [5.41, 5.74) is 0.290. The van der Waals surface area contributed by atoms with Crippen molar-refractivity contribution in [2.24, 2.45) is 0 Å². The molecule has 22 heavy (non-hydrogen) atoms. The first-order valence-electron chi connectivity index (χ1n) is 6.48. The Morgan fingerprint density at radius 1 is 1.14 bits per heavy atom. The van der Waals surface area contributed by atoms with Gasteiger partial charge in [0.15, 0.2) is 18.1 Å². The maximum absolute atomic E-state index is 11.5. The Kier molecular flexibility index (Phi) is 6.68. The zero-order chi connectivity index (χ0) is 16.5. The van der Waals surface area contributed by atoms with Crippen LogP contribution in [0.4, 0.5) is 4.79 Å². The molecule has 1 aromatic rings. The van der Waals surface area contributed by atoms with E-state index in [-0.39, 0.29) is 18.1 Å². The van der Waals surface area contributed by atoms with Crippen LogP contribution in [0.1, 0.15) is 17.3 Å². The van der Waals surface area contributed by atoms with Crippen molar-refractivity contribution in [3.05, 3.63) is 23.8 Å². The highest BCUT2D eigenvalue weighted by Gasteiger charge is 2.13. The minimum absolute atomic E-state index is 0.265. The van der Waals surface area contributed by atoms with Crippen molar-refractivity contribution in [1.29, 1.82) is 0 Å². The van der Waals surface area contributed by atoms with Crippen molar-refractivity contribution in [2.45, 2.75) is 6.92 Å². The molecule has 1 aromatic carbocycles. The molecular weight excluding hydrogens is 292 g/mol. The minimum atomic E-state index is -0.606. The number of rotatable bonds is 6. The number of benzene rings is 1. The van der Waals surface area contributed by atoms with Crippen molar-refractivity contribution in [3.63, 3.8) is 0 Å². The number of hydrogen-bond donors (Lipinski definition) is 2. The highest BCUT2D eigenvalue weighted by atomic mass is 16.5. The van der Waals surface area contributed by atoms with Crippen LogP contribution in [0.2, 0.25) is 0 Å². The molecule has 0 radical (unpaired) electrons. The zero-order valence-corrected chi connectivity index (χ0v) is 12.6. The van der Waals surface area contributed by atoms with Gasteiger partial charge in [-0.25, -0.2) is 9.59 Å². The monoisotopic (exact) mass is 310 g/mol. The summed E-state index contributed by atoms with van der Waals surface area (Å²) in [5.74, 6) is -0.584. The normalized spacial score (nSPS) is 9.59. The molecule has 0 fully saturated rings. The van der Waals surface area contributed by atoms with E-state index in [0.29, 0.717) is 12.1 Å². The lowest BCUT2D eigenvalue weighted by Crippen LogP contribution is -2.41. The molecule has 8 nitrogen and oxygen atoms in total. The molecule has 1 rings (SSSR count). The fourth-order valence-corrected chi connectivity index (χ4v) is 1.54. The summed E-state index contributed by atoms with van der Waals surface area (Å²) >= 11 is 0. The largest absolute Gasteiger partial charge is 0.493 e. The number of urea groups is 1. The number of imide groups is 1. The molecule has 3 amide bonds. The van der Waals surface area contributed by atoms with Gasteiger partial charge < -0.3 is 19.5 Å². The molecule has 0 aliphatic carbocycles. The summed E-state index contributed by atoms with van der Waals surface area (Å²) < 4.78 is 15.0. The molecule has 0 spiro atoms. The van der Waals surface area contributed by atoms with Gasteiger partial charge in [-0.1, -0.05) is 0 Å². The fraction of sp³-hybridized carbons (Fsp3) is 0.357. The van der Waals surface area contributed by atoms with Gasteiger partial charge in [0, 0.05) is 6.54 Å². The van der Waals surface area contributed by atoms with E-state index in [1.165, 1.54) is 32.4 Å². The summed E-state index contributed by atoms with van der Waals surface area (Å²) in [6.07, 6.45) is 0. The third-order valence-electron chi connectivity index (χ3n) is 2.53. The average Bonchev–Trinajstić information content (AvgIpc) is 2.52. The van der Waals surface area contributed by atoms with Crippen LogP contribution in [0.3, 0.4) is 0 Å². The highest BCUT2D eigenvalue weighted by Crippen LogP contribution is 2.28. The van der Waals surface area contributed by atoms with Crippen LogP contribution in [0.15, 0.2) is 18.2 Å². The van der Waals surface area contributed by atoms with Gasteiger partial charge in [0.1, 0.15) is 0 Å². The Labute approximate surface area is 127 Å². The molecule has 0 saturated heterocycles. The van der Waals surface area contributed by atoms with Crippen LogP contribution in [-0.4, -0.2) is 45.3 Å². The summed E-state index contributed by atoms with van der Waals surface area (Å²) in [6, 6.07) is 3.79. The smallest absolute Gasteiger partial charge is 0.337 e. The Bertz CT molecular complexity index is 558. The number of ether oxygens (including phenoxy) is 3. The number of esters is 1. The molecule has 0 heterocycles. The molecule has 0 aliphatic heterocycles. The van der Waals surface area contributed by atoms with Crippen molar-refractivity contribution >= 4 is 17.9 Å². The number of amides is 3. The van der Waals surface area contributed by atoms with Gasteiger partial charge in [-0.2, -0.15) is 0 Å². The standard InChI is InChI=1S/C14H18N2O6/c1-4-15-14(19)16-12(17)8-22-10-6-5-9(13(18)21-3)7-11(10)20-2/h5-7H,4,8H2,1-3H3,(H2,15,16,17,19). The first-order valence-corrected chi connectivity index (χ1v) is 6.48. The topological polar surface area (TPSA) is 103 Å². The predicted molar refractivity (Wildman–Crippen MR) is 77.0 cm³/mol. The lowest BCUT2D eigenvalue weighted by Gasteiger charge is -2.11. The van der Waals surface area contributed by atoms with E-state index < -0.39 is 17.9 Å². The van der Waals surface area contributed by atoms with E-state index in [9.17, 15) is 14.4 Å². The Balaban J connectivity index is 2.67. The molecule has 0 saturated carbocycles. The van der Waals surface area contributed by atoms with Crippen LogP contribution >= 0.6 is 0 Å². The summed E-state index contributed by atoms with van der Waals surface area (Å²) in [7, 11) is 2.67. The first kappa shape index (κ1) is 17.3. The van der Waals surface area contributed by atoms with Crippen LogP contribution < -0.4 is 20.1 Å². The number of methoxy groups -OCH3 is 2. The summed E-state index contributed by atoms with van der Waals surface area (Å²) in [4.78, 5) is 34.1. The van der Waals surface area contributed by atoms with E-state index in [2.05, 4.69) is 15.4 Å². The highest BCUT2D eigenvalue weighted by molar-refractivity contribution is 5.95. The van der Waals surface area contributed by atoms with Gasteiger partial charge in [-0.15, -0.1) is 0 Å². The van der Waals surface area contributed by atoms with Crippen molar-refractivity contribution < 1.29 is 28.6 Å². The zero-order valence-electron chi connectivity index (χ0n) is 12.6. The van der Waals surface area contributed by atoms with E-state index in [4.69, 9.17) is 9.47 Å². The second-order valence-corrected chi connectivity index (χ2v) is 4.05. The number of nitrogens with one attached hydrogen (secondary N) is 2. The van der Waals surface area contributed by atoms with Gasteiger partial charge in [-0.05, 0) is 25.1 Å². The van der Waals surface area contributed by atoms with E-state index in [1.807, 2.05) is 0 Å². The molecule has 2 N–H and O–H groups in total. The van der Waals surface area contributed by atoms with E-state index in [0.717, 1.165) is 0 Å². The quantitative estimate of drug-likeness (QED) is 0.750. The second-order valence-electron chi connectivity index (χ2n) is 4.05. The molecule has 0 aromatic heterocycles. The maximum Gasteiger partial charge on any atom is 0.337 e. The second kappa shape index (κ2) is 8.50. The number of hydrogen-bond acceptors (Lipinski definition) is 6. The Morgan fingerprint density at radius 2 is 1.86 bits per heavy atom. The molecular formula is C14H18N2O6. The van der Waals surface area contributed by atoms with Crippen LogP contribution in [-0.2, 0) is 9.53 Å². The van der Waals surface area contributed by atoms with Crippen LogP contribution in [0.5, 0.6) is 11.5 Å². The molecule has 120 valence electrons. The molecule has 0 bridgehead atoms. The van der Waals surface area contributed by atoms with E-state index in [1.54, 1.807) is 6.92 Å². The summed E-state index contributed by atoms with van der Waals surface area (Å²) in [6.45, 7) is 1.77. The van der Waals surface area contributed by atoms with Crippen molar-refractivity contribution in [2.75, 3.05) is 27.4 Å². The molecule has 0 atom stereocenters. The van der Waals surface area contributed by atoms with Gasteiger partial charge in [0.2, 0.25) is 0 Å². The van der Waals surface area contributed by atoms with E-state index >= 15 is 0 Å². The SMILES string of the molecule is CCNC(=O)NC(=O)COc1ccc(C(=O)OC)cc1OC. The minimum Gasteiger partial charge on any atom is -0.493 e. The number of carbonyl (C=O) groups excluding carboxylic acids is 3. The van der Waals surface area contributed by atoms with Gasteiger partial charge in [0.05, 0.1) is 19.8 Å². The number of carbonyl (C=O) groups is 3. The van der Waals surface area contributed by atoms with Gasteiger partial charge in [0.25, 0.3) is 5.91 Å².